The lowest BCUT2D eigenvalue weighted by Crippen LogP contribution is -2.34. The fourth-order valence-corrected chi connectivity index (χ4v) is 0.829. The first kappa shape index (κ1) is 9.86. The molecule has 0 aliphatic rings. The smallest absolute Gasteiger partial charge is 0.344 e. The summed E-state index contributed by atoms with van der Waals surface area (Å²) in [5.41, 5.74) is 0. The molecule has 58 valence electrons. The number of urea groups is 1. The van der Waals surface area contributed by atoms with Crippen LogP contribution in [0.2, 0.25) is 0 Å². The van der Waals surface area contributed by atoms with Crippen LogP contribution in [-0.2, 0) is 4.79 Å². The molecule has 0 unspecified atom stereocenters. The van der Waals surface area contributed by atoms with Crippen LogP contribution in [0.1, 0.15) is 0 Å². The van der Waals surface area contributed by atoms with Crippen molar-refractivity contribution in [2.45, 2.75) is 0 Å². The molecule has 0 saturated heterocycles. The average Bonchev–Trinajstić information content (AvgIpc) is 2.00. The number of hydrogen-bond donors (Lipinski definition) is 2. The molecule has 3 amide bonds. The summed E-state index contributed by atoms with van der Waals surface area (Å²) >= 11 is 5.22. The average molecular weight is 276 g/mol. The van der Waals surface area contributed by atoms with Gasteiger partial charge in [0.15, 0.2) is 0 Å². The van der Waals surface area contributed by atoms with E-state index in [1.54, 1.807) is 0 Å². The third kappa shape index (κ3) is 2.63. The van der Waals surface area contributed by atoms with Crippen molar-refractivity contribution in [1.82, 2.24) is 8.27 Å². The monoisotopic (exact) mass is 274 g/mol. The summed E-state index contributed by atoms with van der Waals surface area (Å²) in [6.07, 6.45) is 0. The van der Waals surface area contributed by atoms with E-state index in [4.69, 9.17) is 5.11 Å². The van der Waals surface area contributed by atoms with Crippen molar-refractivity contribution in [3.8, 4) is 0 Å². The van der Waals surface area contributed by atoms with E-state index in [0.29, 0.717) is 3.93 Å². The number of aliphatic hydroxyl groups excluding tert-OH is 1. The Balaban J connectivity index is 3.94. The molecule has 5 nitrogen and oxygen atoms in total. The van der Waals surface area contributed by atoms with E-state index in [1.807, 2.05) is 4.34 Å². The van der Waals surface area contributed by atoms with Crippen LogP contribution in [-0.4, -0.2) is 27.6 Å². The number of imide groups is 1. The molecule has 0 aromatic heterocycles. The van der Waals surface area contributed by atoms with E-state index in [2.05, 4.69) is 32.3 Å². The lowest BCUT2D eigenvalue weighted by Gasteiger charge is -2.07. The second-order valence-corrected chi connectivity index (χ2v) is 2.34. The van der Waals surface area contributed by atoms with Crippen LogP contribution in [0, 0.1) is 0 Å². The molecular formula is C3H4Br2N2O3. The number of nitrogens with one attached hydrogen (secondary N) is 1. The van der Waals surface area contributed by atoms with Crippen LogP contribution in [0.25, 0.3) is 0 Å². The van der Waals surface area contributed by atoms with Crippen molar-refractivity contribution < 1.29 is 14.7 Å². The van der Waals surface area contributed by atoms with Gasteiger partial charge in [-0.25, -0.2) is 4.79 Å². The third-order valence-electron chi connectivity index (χ3n) is 0.613. The highest BCUT2D eigenvalue weighted by molar-refractivity contribution is 9.08. The highest BCUT2D eigenvalue weighted by Gasteiger charge is 2.15. The maximum atomic E-state index is 10.5. The molecule has 10 heavy (non-hydrogen) atoms. The summed E-state index contributed by atoms with van der Waals surface area (Å²) in [4.78, 5) is 21.0. The van der Waals surface area contributed by atoms with Crippen molar-refractivity contribution in [3.05, 3.63) is 0 Å². The number of carbonyl (C=O) groups excluding carboxylic acids is 2. The van der Waals surface area contributed by atoms with Gasteiger partial charge in [-0.2, -0.15) is 3.93 Å². The number of amides is 3. The standard InChI is InChI=1S/C3H4Br2N2O3/c4-6-3(10)7(5)2(9)1-8/h8H,1H2,(H,6,10). The van der Waals surface area contributed by atoms with Gasteiger partial charge in [-0.05, 0) is 0 Å². The minimum Gasteiger partial charge on any atom is -0.386 e. The fraction of sp³-hybridized carbons (Fsp3) is 0.333. The van der Waals surface area contributed by atoms with Gasteiger partial charge in [0, 0.05) is 0 Å². The summed E-state index contributed by atoms with van der Waals surface area (Å²) in [7, 11) is 0. The SMILES string of the molecule is O=C(CO)N(Br)C(=O)NBr. The summed E-state index contributed by atoms with van der Waals surface area (Å²) in [5.74, 6) is -0.739. The Morgan fingerprint density at radius 2 is 2.10 bits per heavy atom. The van der Waals surface area contributed by atoms with Crippen LogP contribution >= 0.6 is 32.3 Å². The Morgan fingerprint density at radius 1 is 1.60 bits per heavy atom. The van der Waals surface area contributed by atoms with Crippen LogP contribution in [0.15, 0.2) is 0 Å². The minimum atomic E-state index is -0.739. The molecular weight excluding hydrogens is 272 g/mol. The van der Waals surface area contributed by atoms with Crippen LogP contribution in [0.3, 0.4) is 0 Å². The molecule has 7 heteroatoms. The molecule has 0 atom stereocenters. The lowest BCUT2D eigenvalue weighted by atomic mass is 10.6. The third-order valence-corrected chi connectivity index (χ3v) is 1.67. The Labute approximate surface area is 74.1 Å². The number of halogens is 2. The summed E-state index contributed by atoms with van der Waals surface area (Å²) in [6.45, 7) is -0.717. The van der Waals surface area contributed by atoms with Crippen molar-refractivity contribution >= 4 is 44.2 Å². The Bertz CT molecular complexity index is 135. The van der Waals surface area contributed by atoms with Crippen molar-refractivity contribution in [2.75, 3.05) is 6.61 Å². The van der Waals surface area contributed by atoms with E-state index in [0.717, 1.165) is 0 Å². The van der Waals surface area contributed by atoms with Gasteiger partial charge >= 0.3 is 6.03 Å². The van der Waals surface area contributed by atoms with Gasteiger partial charge < -0.3 is 5.11 Å². The quantitative estimate of drug-likeness (QED) is 0.669. The highest BCUT2D eigenvalue weighted by Crippen LogP contribution is 1.99. The normalized spacial score (nSPS) is 8.70. The molecule has 0 aromatic carbocycles. The second kappa shape index (κ2) is 4.64. The zero-order chi connectivity index (χ0) is 8.15. The van der Waals surface area contributed by atoms with Gasteiger partial charge in [0.1, 0.15) is 6.61 Å². The fourth-order valence-electron chi connectivity index (χ4n) is 0.212. The van der Waals surface area contributed by atoms with Crippen LogP contribution in [0.4, 0.5) is 4.79 Å². The summed E-state index contributed by atoms with van der Waals surface area (Å²) < 4.78 is 2.57. The molecule has 0 radical (unpaired) electrons. The van der Waals surface area contributed by atoms with Crippen molar-refractivity contribution in [2.24, 2.45) is 0 Å². The molecule has 0 spiro atoms. The maximum absolute atomic E-state index is 10.5. The first-order valence-electron chi connectivity index (χ1n) is 2.13. The number of aliphatic hydroxyl groups is 1. The zero-order valence-corrected chi connectivity index (χ0v) is 7.85. The van der Waals surface area contributed by atoms with Gasteiger partial charge in [0.25, 0.3) is 5.91 Å². The molecule has 2 N–H and O–H groups in total. The topological polar surface area (TPSA) is 69.6 Å². The van der Waals surface area contributed by atoms with E-state index in [1.165, 1.54) is 0 Å². The molecule has 0 fully saturated rings. The Morgan fingerprint density at radius 3 is 2.40 bits per heavy atom. The number of nitrogens with zero attached hydrogens (tertiary/aromatic N) is 1. The molecule has 0 bridgehead atoms. The summed E-state index contributed by atoms with van der Waals surface area (Å²) in [5, 5.41) is 8.23. The highest BCUT2D eigenvalue weighted by atomic mass is 79.9. The lowest BCUT2D eigenvalue weighted by molar-refractivity contribution is -0.126. The molecule has 0 heterocycles. The van der Waals surface area contributed by atoms with E-state index in [9.17, 15) is 9.59 Å². The van der Waals surface area contributed by atoms with Gasteiger partial charge in [-0.15, -0.1) is 0 Å². The van der Waals surface area contributed by atoms with E-state index in [-0.39, 0.29) is 0 Å². The number of hydrogen-bond acceptors (Lipinski definition) is 3. The minimum absolute atomic E-state index is 0.571. The molecule has 0 aliphatic heterocycles. The molecule has 0 aliphatic carbocycles. The van der Waals surface area contributed by atoms with Crippen molar-refractivity contribution in [3.63, 3.8) is 0 Å². The molecule has 0 rings (SSSR count). The Hall–Kier alpha value is -0.140. The Kier molecular flexibility index (Phi) is 4.58. The zero-order valence-electron chi connectivity index (χ0n) is 4.67. The largest absolute Gasteiger partial charge is 0.386 e. The molecule has 0 aromatic rings. The summed E-state index contributed by atoms with van der Waals surface area (Å²) in [6, 6.07) is -0.695. The van der Waals surface area contributed by atoms with Gasteiger partial charge in [0.05, 0.1) is 32.3 Å². The second-order valence-electron chi connectivity index (χ2n) is 1.23. The number of rotatable bonds is 1. The van der Waals surface area contributed by atoms with E-state index < -0.39 is 18.5 Å². The first-order chi connectivity index (χ1) is 4.63. The number of carbonyl (C=O) groups is 2. The van der Waals surface area contributed by atoms with Crippen LogP contribution in [0.5, 0.6) is 0 Å². The molecule has 0 saturated carbocycles. The van der Waals surface area contributed by atoms with E-state index >= 15 is 0 Å². The first-order valence-corrected chi connectivity index (χ1v) is 3.64. The van der Waals surface area contributed by atoms with Crippen molar-refractivity contribution in [1.29, 1.82) is 0 Å². The van der Waals surface area contributed by atoms with Gasteiger partial charge in [-0.1, -0.05) is 0 Å². The predicted octanol–water partition coefficient (Wildman–Crippen LogP) is 0.137. The van der Waals surface area contributed by atoms with Gasteiger partial charge in [0.2, 0.25) is 0 Å². The maximum Gasteiger partial charge on any atom is 0.344 e. The van der Waals surface area contributed by atoms with Gasteiger partial charge in [-0.3, -0.25) is 9.14 Å². The van der Waals surface area contributed by atoms with Crippen LogP contribution < -0.4 is 4.34 Å². The predicted molar refractivity (Wildman–Crippen MR) is 40.3 cm³/mol.